The second-order valence-corrected chi connectivity index (χ2v) is 8.45. The fourth-order valence-corrected chi connectivity index (χ4v) is 4.83. The van der Waals surface area contributed by atoms with E-state index in [0.29, 0.717) is 12.0 Å². The first kappa shape index (κ1) is 21.8. The molecule has 2 nitrogen and oxygen atoms in total. The standard InChI is InChI=1S/C25H39NO/c1-9-20-13-14-21(27-25(20,6)7)16-19-12-15-23(22(10-2)17(19)4)18(5)24(11-3)26-8/h11-12,15,20-21,26H,3,9-10,13-14,16H2,1-2,4-8H3/b24-18+. The molecule has 150 valence electrons. The Hall–Kier alpha value is -1.54. The molecule has 2 atom stereocenters. The highest BCUT2D eigenvalue weighted by Gasteiger charge is 2.36. The molecule has 0 aliphatic carbocycles. The highest BCUT2D eigenvalue weighted by atomic mass is 16.5. The maximum Gasteiger partial charge on any atom is 0.0658 e. The second-order valence-electron chi connectivity index (χ2n) is 8.45. The van der Waals surface area contributed by atoms with Crippen molar-refractivity contribution >= 4 is 5.57 Å². The van der Waals surface area contributed by atoms with Crippen LogP contribution in [0.4, 0.5) is 0 Å². The van der Waals surface area contributed by atoms with Gasteiger partial charge < -0.3 is 10.1 Å². The van der Waals surface area contributed by atoms with Crippen molar-refractivity contribution in [3.05, 3.63) is 52.7 Å². The topological polar surface area (TPSA) is 21.3 Å². The predicted octanol–water partition coefficient (Wildman–Crippen LogP) is 6.22. The van der Waals surface area contributed by atoms with Gasteiger partial charge in [-0.15, -0.1) is 0 Å². The van der Waals surface area contributed by atoms with Crippen LogP contribution in [0.25, 0.3) is 5.57 Å². The van der Waals surface area contributed by atoms with Gasteiger partial charge in [0.2, 0.25) is 0 Å². The predicted molar refractivity (Wildman–Crippen MR) is 118 cm³/mol. The molecule has 1 heterocycles. The van der Waals surface area contributed by atoms with Gasteiger partial charge in [-0.05, 0) is 93.2 Å². The van der Waals surface area contributed by atoms with Crippen molar-refractivity contribution in [2.75, 3.05) is 7.05 Å². The van der Waals surface area contributed by atoms with E-state index in [1.165, 1.54) is 47.1 Å². The van der Waals surface area contributed by atoms with E-state index in [4.69, 9.17) is 4.74 Å². The first-order chi connectivity index (χ1) is 12.8. The van der Waals surface area contributed by atoms with Gasteiger partial charge in [0.25, 0.3) is 0 Å². The molecule has 1 N–H and O–H groups in total. The smallest absolute Gasteiger partial charge is 0.0658 e. The van der Waals surface area contributed by atoms with Crippen molar-refractivity contribution in [1.29, 1.82) is 0 Å². The molecule has 2 unspecified atom stereocenters. The lowest BCUT2D eigenvalue weighted by Gasteiger charge is -2.42. The monoisotopic (exact) mass is 369 g/mol. The van der Waals surface area contributed by atoms with E-state index in [2.05, 4.69) is 65.6 Å². The first-order valence-corrected chi connectivity index (χ1v) is 10.6. The van der Waals surface area contributed by atoms with Crippen LogP contribution in [0.2, 0.25) is 0 Å². The fourth-order valence-electron chi connectivity index (χ4n) is 4.83. The minimum atomic E-state index is -0.00984. The number of ether oxygens (including phenoxy) is 1. The number of allylic oxidation sites excluding steroid dienone is 2. The zero-order chi connectivity index (χ0) is 20.2. The third-order valence-corrected chi connectivity index (χ3v) is 6.58. The van der Waals surface area contributed by atoms with Gasteiger partial charge in [0.05, 0.1) is 11.7 Å². The van der Waals surface area contributed by atoms with Crippen molar-refractivity contribution < 1.29 is 4.74 Å². The Morgan fingerprint density at radius 3 is 2.52 bits per heavy atom. The molecule has 1 aromatic carbocycles. The molecule has 1 aromatic rings. The molecular formula is C25H39NO. The third kappa shape index (κ3) is 4.66. The zero-order valence-corrected chi connectivity index (χ0v) is 18.5. The Bertz CT molecular complexity index is 699. The molecule has 0 aromatic heterocycles. The van der Waals surface area contributed by atoms with E-state index < -0.39 is 0 Å². The van der Waals surface area contributed by atoms with Gasteiger partial charge in [-0.2, -0.15) is 0 Å². The molecule has 27 heavy (non-hydrogen) atoms. The molecule has 1 aliphatic rings. The minimum absolute atomic E-state index is 0.00984. The number of hydrogen-bond acceptors (Lipinski definition) is 2. The van der Waals surface area contributed by atoms with Gasteiger partial charge in [0.15, 0.2) is 0 Å². The summed E-state index contributed by atoms with van der Waals surface area (Å²) in [6.07, 6.45) is 7.94. The summed E-state index contributed by atoms with van der Waals surface area (Å²) in [7, 11) is 1.96. The van der Waals surface area contributed by atoms with Gasteiger partial charge in [-0.25, -0.2) is 0 Å². The zero-order valence-electron chi connectivity index (χ0n) is 18.5. The van der Waals surface area contributed by atoms with E-state index in [0.717, 1.165) is 18.5 Å². The number of rotatable bonds is 7. The van der Waals surface area contributed by atoms with Crippen molar-refractivity contribution in [2.24, 2.45) is 5.92 Å². The van der Waals surface area contributed by atoms with Crippen molar-refractivity contribution in [3.63, 3.8) is 0 Å². The van der Waals surface area contributed by atoms with Gasteiger partial charge in [0, 0.05) is 12.7 Å². The molecule has 0 spiro atoms. The maximum absolute atomic E-state index is 6.53. The number of benzene rings is 1. The van der Waals surface area contributed by atoms with E-state index in [9.17, 15) is 0 Å². The molecule has 0 radical (unpaired) electrons. The lowest BCUT2D eigenvalue weighted by atomic mass is 9.80. The van der Waals surface area contributed by atoms with Crippen LogP contribution in [-0.2, 0) is 17.6 Å². The maximum atomic E-state index is 6.53. The number of likely N-dealkylation sites (N-methyl/N-ethyl adjacent to an activating group) is 1. The molecule has 1 saturated heterocycles. The molecule has 2 rings (SSSR count). The van der Waals surface area contributed by atoms with Crippen molar-refractivity contribution in [2.45, 2.75) is 85.4 Å². The van der Waals surface area contributed by atoms with Crippen LogP contribution in [0.5, 0.6) is 0 Å². The number of hydrogen-bond donors (Lipinski definition) is 1. The molecule has 0 bridgehead atoms. The lowest BCUT2D eigenvalue weighted by Crippen LogP contribution is -2.43. The largest absolute Gasteiger partial charge is 0.388 e. The van der Waals surface area contributed by atoms with Crippen LogP contribution in [0.1, 0.15) is 76.1 Å². The highest BCUT2D eigenvalue weighted by Crippen LogP contribution is 2.37. The molecule has 0 amide bonds. The summed E-state index contributed by atoms with van der Waals surface area (Å²) in [4.78, 5) is 0. The summed E-state index contributed by atoms with van der Waals surface area (Å²) in [6, 6.07) is 4.60. The quantitative estimate of drug-likeness (QED) is 0.576. The molecule has 1 aliphatic heterocycles. The average molecular weight is 370 g/mol. The van der Waals surface area contributed by atoms with Crippen LogP contribution in [-0.4, -0.2) is 18.8 Å². The third-order valence-electron chi connectivity index (χ3n) is 6.58. The summed E-state index contributed by atoms with van der Waals surface area (Å²) < 4.78 is 6.53. The van der Waals surface area contributed by atoms with Gasteiger partial charge >= 0.3 is 0 Å². The SMILES string of the molecule is C=C/C(NC)=C(/C)c1ccc(CC2CCC(CC)C(C)(C)O2)c(C)c1CC. The summed E-state index contributed by atoms with van der Waals surface area (Å²) in [5.41, 5.74) is 7.99. The van der Waals surface area contributed by atoms with Gasteiger partial charge in [-0.3, -0.25) is 0 Å². The summed E-state index contributed by atoms with van der Waals surface area (Å²) in [5.74, 6) is 0.676. The second kappa shape index (κ2) is 9.10. The van der Waals surface area contributed by atoms with Crippen LogP contribution >= 0.6 is 0 Å². The van der Waals surface area contributed by atoms with E-state index >= 15 is 0 Å². The molecular weight excluding hydrogens is 330 g/mol. The highest BCUT2D eigenvalue weighted by molar-refractivity contribution is 5.72. The Morgan fingerprint density at radius 2 is 2.00 bits per heavy atom. The Balaban J connectivity index is 2.30. The summed E-state index contributed by atoms with van der Waals surface area (Å²) in [6.45, 7) is 17.5. The number of nitrogens with one attached hydrogen (secondary N) is 1. The van der Waals surface area contributed by atoms with Crippen LogP contribution in [0.3, 0.4) is 0 Å². The average Bonchev–Trinajstić information content (AvgIpc) is 2.63. The fraction of sp³-hybridized carbons (Fsp3) is 0.600. The Kier molecular flexibility index (Phi) is 7.33. The van der Waals surface area contributed by atoms with Crippen LogP contribution in [0.15, 0.2) is 30.5 Å². The molecule has 2 heteroatoms. The Labute approximate surface area is 167 Å². The van der Waals surface area contributed by atoms with E-state index in [1.54, 1.807) is 0 Å². The lowest BCUT2D eigenvalue weighted by molar-refractivity contribution is -0.141. The molecule has 1 fully saturated rings. The van der Waals surface area contributed by atoms with Gasteiger partial charge in [-0.1, -0.05) is 39.0 Å². The minimum Gasteiger partial charge on any atom is -0.388 e. The van der Waals surface area contributed by atoms with Crippen LogP contribution < -0.4 is 5.32 Å². The first-order valence-electron chi connectivity index (χ1n) is 10.6. The van der Waals surface area contributed by atoms with Crippen molar-refractivity contribution in [1.82, 2.24) is 5.32 Å². The van der Waals surface area contributed by atoms with Crippen LogP contribution in [0, 0.1) is 12.8 Å². The van der Waals surface area contributed by atoms with E-state index in [1.807, 2.05) is 13.1 Å². The summed E-state index contributed by atoms with van der Waals surface area (Å²) >= 11 is 0. The van der Waals surface area contributed by atoms with Gasteiger partial charge in [0.1, 0.15) is 0 Å². The summed E-state index contributed by atoms with van der Waals surface area (Å²) in [5, 5.41) is 3.26. The normalized spacial score (nSPS) is 22.9. The molecule has 0 saturated carbocycles. The van der Waals surface area contributed by atoms with E-state index in [-0.39, 0.29) is 5.60 Å². The van der Waals surface area contributed by atoms with Crippen molar-refractivity contribution in [3.8, 4) is 0 Å². The Morgan fingerprint density at radius 1 is 1.30 bits per heavy atom.